The third-order valence-electron chi connectivity index (χ3n) is 6.21. The second-order valence-electron chi connectivity index (χ2n) is 9.45. The van der Waals surface area contributed by atoms with Crippen LogP contribution in [0.4, 0.5) is 0 Å². The average molecular weight is 442 g/mol. The molecule has 2 aliphatic rings. The van der Waals surface area contributed by atoms with Crippen LogP contribution in [-0.2, 0) is 11.3 Å². The summed E-state index contributed by atoms with van der Waals surface area (Å²) in [7, 11) is 0. The van der Waals surface area contributed by atoms with Gasteiger partial charge in [0.15, 0.2) is 5.56 Å². The van der Waals surface area contributed by atoms with E-state index in [4.69, 9.17) is 0 Å². The molecule has 0 aromatic carbocycles. The normalized spacial score (nSPS) is 21.2. The number of hydrogen-bond acceptors (Lipinski definition) is 5. The van der Waals surface area contributed by atoms with Gasteiger partial charge in [-0.3, -0.25) is 19.0 Å². The highest BCUT2D eigenvalue weighted by molar-refractivity contribution is 5.97. The molecule has 2 N–H and O–H groups in total. The van der Waals surface area contributed by atoms with Crippen molar-refractivity contribution < 1.29 is 14.7 Å². The summed E-state index contributed by atoms with van der Waals surface area (Å²) in [5, 5.41) is 17.7. The minimum atomic E-state index is -0.589. The molecule has 0 unspecified atom stereocenters. The minimum Gasteiger partial charge on any atom is -0.492 e. The van der Waals surface area contributed by atoms with Crippen molar-refractivity contribution in [1.29, 1.82) is 0 Å². The number of hydrogen-bond donors (Lipinski definition) is 2. The van der Waals surface area contributed by atoms with Gasteiger partial charge in [-0.2, -0.15) is 9.61 Å². The lowest BCUT2D eigenvalue weighted by atomic mass is 10.2. The van der Waals surface area contributed by atoms with Crippen molar-refractivity contribution in [2.24, 2.45) is 5.92 Å². The van der Waals surface area contributed by atoms with Crippen molar-refractivity contribution in [2.75, 3.05) is 0 Å². The molecule has 0 radical (unpaired) electrons. The van der Waals surface area contributed by atoms with Crippen molar-refractivity contribution >= 4 is 23.5 Å². The van der Waals surface area contributed by atoms with Gasteiger partial charge in [0.05, 0.1) is 6.20 Å². The number of aromatic nitrogens is 3. The third kappa shape index (κ3) is 4.03. The predicted molar refractivity (Wildman–Crippen MR) is 120 cm³/mol. The molecule has 2 atom stereocenters. The molecule has 32 heavy (non-hydrogen) atoms. The molecule has 2 aromatic rings. The number of carbonyl (C=O) groups is 2. The second kappa shape index (κ2) is 8.44. The molecule has 1 saturated carbocycles. The van der Waals surface area contributed by atoms with Gasteiger partial charge < -0.3 is 15.3 Å². The van der Waals surface area contributed by atoms with Crippen molar-refractivity contribution in [1.82, 2.24) is 24.4 Å². The summed E-state index contributed by atoms with van der Waals surface area (Å²) in [5.74, 6) is -1.06. The first-order chi connectivity index (χ1) is 15.2. The highest BCUT2D eigenvalue weighted by Crippen LogP contribution is 2.25. The largest absolute Gasteiger partial charge is 0.492 e. The van der Waals surface area contributed by atoms with Gasteiger partial charge in [0.25, 0.3) is 11.5 Å². The van der Waals surface area contributed by atoms with Crippen LogP contribution in [0.15, 0.2) is 17.1 Å². The summed E-state index contributed by atoms with van der Waals surface area (Å²) in [6.45, 7) is 8.35. The lowest BCUT2D eigenvalue weighted by Crippen LogP contribution is -2.37. The number of carbonyl (C=O) groups excluding carboxylic acids is 2. The average Bonchev–Trinajstić information content (AvgIpc) is 3.32. The fourth-order valence-corrected chi connectivity index (χ4v) is 4.43. The predicted octanol–water partition coefficient (Wildman–Crippen LogP) is 2.16. The summed E-state index contributed by atoms with van der Waals surface area (Å²) in [6.07, 6.45) is 8.30. The number of nitrogens with zero attached hydrogens (tertiary/aromatic N) is 4. The number of amides is 2. The van der Waals surface area contributed by atoms with Crippen LogP contribution < -0.4 is 10.9 Å². The Hall–Kier alpha value is -3.10. The Morgan fingerprint density at radius 1 is 1.22 bits per heavy atom. The zero-order valence-electron chi connectivity index (χ0n) is 19.0. The van der Waals surface area contributed by atoms with Crippen LogP contribution in [0, 0.1) is 5.92 Å². The Bertz CT molecular complexity index is 1130. The first-order valence-electron chi connectivity index (χ1n) is 11.3. The fraction of sp³-hybridized carbons (Fsp3) is 0.565. The second-order valence-corrected chi connectivity index (χ2v) is 9.45. The van der Waals surface area contributed by atoms with Crippen LogP contribution in [-0.4, -0.2) is 54.1 Å². The summed E-state index contributed by atoms with van der Waals surface area (Å²) in [5.41, 5.74) is 0.0142. The van der Waals surface area contributed by atoms with Gasteiger partial charge >= 0.3 is 0 Å². The summed E-state index contributed by atoms with van der Waals surface area (Å²) < 4.78 is 2.67. The Balaban J connectivity index is 1.77. The fourth-order valence-electron chi connectivity index (χ4n) is 4.43. The molecule has 172 valence electrons. The molecule has 9 nitrogen and oxygen atoms in total. The van der Waals surface area contributed by atoms with E-state index in [1.54, 1.807) is 6.08 Å². The van der Waals surface area contributed by atoms with Gasteiger partial charge in [0.1, 0.15) is 5.65 Å². The summed E-state index contributed by atoms with van der Waals surface area (Å²) in [6, 6.07) is 0.413. The van der Waals surface area contributed by atoms with Crippen molar-refractivity contribution in [3.8, 4) is 5.88 Å². The van der Waals surface area contributed by atoms with Gasteiger partial charge in [-0.15, -0.1) is 0 Å². The third-order valence-corrected chi connectivity index (χ3v) is 6.21. The van der Waals surface area contributed by atoms with Crippen LogP contribution in [0.2, 0.25) is 0 Å². The number of aromatic hydroxyl groups is 1. The first kappa shape index (κ1) is 22.1. The maximum Gasteiger partial charge on any atom is 0.270 e. The molecule has 2 amide bonds. The lowest BCUT2D eigenvalue weighted by Gasteiger charge is -2.24. The van der Waals surface area contributed by atoms with E-state index in [9.17, 15) is 19.5 Å². The van der Waals surface area contributed by atoms with Crippen LogP contribution in [0.1, 0.15) is 69.3 Å². The Labute approximate surface area is 186 Å². The molecule has 0 bridgehead atoms. The quantitative estimate of drug-likeness (QED) is 0.668. The van der Waals surface area contributed by atoms with Gasteiger partial charge in [-0.05, 0) is 51.5 Å². The number of likely N-dealkylation sites (tertiary alicyclic amines) is 1. The van der Waals surface area contributed by atoms with E-state index < -0.39 is 17.3 Å². The molecular formula is C23H31N5O4. The number of rotatable bonds is 6. The zero-order valence-corrected chi connectivity index (χ0v) is 19.0. The van der Waals surface area contributed by atoms with E-state index in [1.165, 1.54) is 21.4 Å². The molecule has 1 aliphatic heterocycles. The van der Waals surface area contributed by atoms with Crippen LogP contribution >= 0.6 is 0 Å². The van der Waals surface area contributed by atoms with Crippen molar-refractivity contribution in [3.05, 3.63) is 33.8 Å². The number of nitrogens with one attached hydrogen (secondary N) is 1. The van der Waals surface area contributed by atoms with E-state index in [1.807, 2.05) is 32.6 Å². The topological polar surface area (TPSA) is 109 Å². The van der Waals surface area contributed by atoms with E-state index in [-0.39, 0.29) is 35.5 Å². The monoisotopic (exact) mass is 441 g/mol. The van der Waals surface area contributed by atoms with Crippen LogP contribution in [0.3, 0.4) is 0 Å². The zero-order chi connectivity index (χ0) is 23.2. The van der Waals surface area contributed by atoms with Gasteiger partial charge in [0.2, 0.25) is 11.8 Å². The van der Waals surface area contributed by atoms with Gasteiger partial charge in [0, 0.05) is 36.3 Å². The van der Waals surface area contributed by atoms with E-state index >= 15 is 0 Å². The van der Waals surface area contributed by atoms with Crippen LogP contribution in [0.25, 0.3) is 11.7 Å². The molecule has 1 saturated heterocycles. The Morgan fingerprint density at radius 3 is 2.47 bits per heavy atom. The molecule has 3 heterocycles. The number of fused-ring (bicyclic) bond motifs is 1. The summed E-state index contributed by atoms with van der Waals surface area (Å²) in [4.78, 5) is 40.6. The molecule has 0 spiro atoms. The molecule has 2 fully saturated rings. The van der Waals surface area contributed by atoms with Crippen molar-refractivity contribution in [3.63, 3.8) is 0 Å². The van der Waals surface area contributed by atoms with E-state index in [0.717, 1.165) is 25.7 Å². The van der Waals surface area contributed by atoms with Gasteiger partial charge in [-0.1, -0.05) is 13.8 Å². The SMILES string of the molecule is CC(C)Cn1c(=O)c(C(=O)NC2CC2)c(O)n2ncc(/C=C/C(=O)N3[C@@H](C)CC[C@@H]3C)c12. The molecule has 1 aliphatic carbocycles. The molecule has 2 aromatic heterocycles. The first-order valence-corrected chi connectivity index (χ1v) is 11.3. The van der Waals surface area contributed by atoms with Gasteiger partial charge in [-0.25, -0.2) is 0 Å². The smallest absolute Gasteiger partial charge is 0.270 e. The highest BCUT2D eigenvalue weighted by Gasteiger charge is 2.31. The minimum absolute atomic E-state index is 0.0491. The van der Waals surface area contributed by atoms with E-state index in [0.29, 0.717) is 17.8 Å². The highest BCUT2D eigenvalue weighted by atomic mass is 16.3. The standard InChI is InChI=1S/C23H31N5O4/c1-13(2)12-26-21-16(7-10-18(29)27-14(3)5-6-15(27)4)11-24-28(21)23(32)19(22(26)31)20(30)25-17-8-9-17/h7,10-11,13-15,17,32H,5-6,8-9,12H2,1-4H3,(H,25,30)/b10-7+/t14-,15-/m0/s1. The maximum absolute atomic E-state index is 13.3. The van der Waals surface area contributed by atoms with Crippen LogP contribution in [0.5, 0.6) is 5.88 Å². The maximum atomic E-state index is 13.3. The van der Waals surface area contributed by atoms with E-state index in [2.05, 4.69) is 10.4 Å². The Morgan fingerprint density at radius 2 is 1.88 bits per heavy atom. The summed E-state index contributed by atoms with van der Waals surface area (Å²) >= 11 is 0. The molecule has 4 rings (SSSR count). The molecule has 9 heteroatoms. The lowest BCUT2D eigenvalue weighted by molar-refractivity contribution is -0.128. The molecular weight excluding hydrogens is 410 g/mol. The Kier molecular flexibility index (Phi) is 5.83. The van der Waals surface area contributed by atoms with Crippen molar-refractivity contribution in [2.45, 2.75) is 78.0 Å².